The molecule has 0 saturated heterocycles. The van der Waals surface area contributed by atoms with Crippen LogP contribution in [0, 0.1) is 0 Å². The van der Waals surface area contributed by atoms with Crippen molar-refractivity contribution in [2.75, 3.05) is 0 Å². The maximum absolute atomic E-state index is 10.6. The SMILES string of the molecule is CC(=O)OC(C)c1ccc(Br)s1. The van der Waals surface area contributed by atoms with Gasteiger partial charge in [0.25, 0.3) is 0 Å². The fraction of sp³-hybridized carbons (Fsp3) is 0.375. The monoisotopic (exact) mass is 248 g/mol. The summed E-state index contributed by atoms with van der Waals surface area (Å²) >= 11 is 4.92. The van der Waals surface area contributed by atoms with Gasteiger partial charge in [0.15, 0.2) is 0 Å². The summed E-state index contributed by atoms with van der Waals surface area (Å²) in [5, 5.41) is 0. The molecule has 66 valence electrons. The molecule has 12 heavy (non-hydrogen) atoms. The van der Waals surface area contributed by atoms with E-state index in [4.69, 9.17) is 4.74 Å². The van der Waals surface area contributed by atoms with Gasteiger partial charge in [-0.25, -0.2) is 0 Å². The first-order valence-corrected chi connectivity index (χ1v) is 5.13. The Bertz CT molecular complexity index is 282. The highest BCUT2D eigenvalue weighted by molar-refractivity contribution is 9.11. The number of rotatable bonds is 2. The van der Waals surface area contributed by atoms with Crippen LogP contribution in [0.1, 0.15) is 24.8 Å². The number of hydrogen-bond donors (Lipinski definition) is 0. The Hall–Kier alpha value is -0.350. The van der Waals surface area contributed by atoms with E-state index in [2.05, 4.69) is 15.9 Å². The molecule has 0 aliphatic rings. The Morgan fingerprint density at radius 3 is 2.75 bits per heavy atom. The molecule has 0 fully saturated rings. The Morgan fingerprint density at radius 2 is 2.33 bits per heavy atom. The van der Waals surface area contributed by atoms with Crippen LogP contribution in [0.2, 0.25) is 0 Å². The lowest BCUT2D eigenvalue weighted by Crippen LogP contribution is -2.02. The van der Waals surface area contributed by atoms with Crippen LogP contribution in [0.4, 0.5) is 0 Å². The molecule has 1 atom stereocenters. The average Bonchev–Trinajstić information content (AvgIpc) is 2.34. The number of thiophene rings is 1. The first-order valence-electron chi connectivity index (χ1n) is 3.52. The molecule has 4 heteroatoms. The van der Waals surface area contributed by atoms with Gasteiger partial charge in [-0.2, -0.15) is 0 Å². The van der Waals surface area contributed by atoms with Crippen LogP contribution in [0.25, 0.3) is 0 Å². The molecule has 1 heterocycles. The third-order valence-corrected chi connectivity index (χ3v) is 3.12. The summed E-state index contributed by atoms with van der Waals surface area (Å²) in [5.41, 5.74) is 0. The van der Waals surface area contributed by atoms with Crippen LogP contribution in [0.3, 0.4) is 0 Å². The minimum absolute atomic E-state index is 0.140. The standard InChI is InChI=1S/C8H9BrO2S/c1-5(11-6(2)10)7-3-4-8(9)12-7/h3-5H,1-2H3. The molecule has 0 bridgehead atoms. The molecule has 0 amide bonds. The van der Waals surface area contributed by atoms with Crippen LogP contribution in [-0.4, -0.2) is 5.97 Å². The molecule has 1 rings (SSSR count). The molecule has 1 aromatic rings. The van der Waals surface area contributed by atoms with Gasteiger partial charge in [0, 0.05) is 11.8 Å². The average molecular weight is 249 g/mol. The fourth-order valence-corrected chi connectivity index (χ4v) is 2.26. The quantitative estimate of drug-likeness (QED) is 0.752. The van der Waals surface area contributed by atoms with Gasteiger partial charge in [-0.3, -0.25) is 4.79 Å². The lowest BCUT2D eigenvalue weighted by atomic mass is 10.3. The van der Waals surface area contributed by atoms with E-state index in [-0.39, 0.29) is 12.1 Å². The molecule has 0 aliphatic heterocycles. The Kier molecular flexibility index (Phi) is 3.29. The van der Waals surface area contributed by atoms with Crippen LogP contribution < -0.4 is 0 Å². The highest BCUT2D eigenvalue weighted by atomic mass is 79.9. The van der Waals surface area contributed by atoms with Crippen LogP contribution in [-0.2, 0) is 9.53 Å². The van der Waals surface area contributed by atoms with E-state index in [0.29, 0.717) is 0 Å². The molecule has 0 spiro atoms. The summed E-state index contributed by atoms with van der Waals surface area (Å²) in [5.74, 6) is -0.243. The minimum atomic E-state index is -0.243. The first kappa shape index (κ1) is 9.74. The van der Waals surface area contributed by atoms with Gasteiger partial charge >= 0.3 is 5.97 Å². The molecule has 0 radical (unpaired) electrons. The van der Waals surface area contributed by atoms with Gasteiger partial charge in [-0.1, -0.05) is 0 Å². The van der Waals surface area contributed by atoms with E-state index in [1.54, 1.807) is 11.3 Å². The summed E-state index contributed by atoms with van der Waals surface area (Å²) in [4.78, 5) is 11.7. The number of esters is 1. The smallest absolute Gasteiger partial charge is 0.303 e. The molecule has 2 nitrogen and oxygen atoms in total. The van der Waals surface area contributed by atoms with Gasteiger partial charge < -0.3 is 4.74 Å². The maximum Gasteiger partial charge on any atom is 0.303 e. The summed E-state index contributed by atoms with van der Waals surface area (Å²) in [6.07, 6.45) is -0.140. The van der Waals surface area contributed by atoms with Crippen molar-refractivity contribution >= 4 is 33.2 Å². The van der Waals surface area contributed by atoms with Crippen molar-refractivity contribution in [2.45, 2.75) is 20.0 Å². The third kappa shape index (κ3) is 2.60. The Morgan fingerprint density at radius 1 is 1.67 bits per heavy atom. The van der Waals surface area contributed by atoms with E-state index in [9.17, 15) is 4.79 Å². The van der Waals surface area contributed by atoms with Crippen molar-refractivity contribution in [3.05, 3.63) is 20.8 Å². The van der Waals surface area contributed by atoms with Gasteiger partial charge in [-0.15, -0.1) is 11.3 Å². The lowest BCUT2D eigenvalue weighted by Gasteiger charge is -2.08. The van der Waals surface area contributed by atoms with Crippen LogP contribution in [0.15, 0.2) is 15.9 Å². The predicted octanol–water partition coefficient (Wildman–Crippen LogP) is 3.13. The van der Waals surface area contributed by atoms with E-state index in [0.717, 1.165) is 8.66 Å². The summed E-state index contributed by atoms with van der Waals surface area (Å²) < 4.78 is 6.05. The molecular formula is C8H9BrO2S. The van der Waals surface area contributed by atoms with Crippen molar-refractivity contribution in [1.29, 1.82) is 0 Å². The zero-order valence-corrected chi connectivity index (χ0v) is 9.24. The largest absolute Gasteiger partial charge is 0.457 e. The van der Waals surface area contributed by atoms with E-state index >= 15 is 0 Å². The predicted molar refractivity (Wildman–Crippen MR) is 52.2 cm³/mol. The van der Waals surface area contributed by atoms with Crippen molar-refractivity contribution in [3.63, 3.8) is 0 Å². The summed E-state index contributed by atoms with van der Waals surface area (Å²) in [6, 6.07) is 3.89. The summed E-state index contributed by atoms with van der Waals surface area (Å²) in [6.45, 7) is 3.28. The molecule has 0 aromatic carbocycles. The van der Waals surface area contributed by atoms with E-state index in [1.165, 1.54) is 6.92 Å². The molecular weight excluding hydrogens is 240 g/mol. The fourth-order valence-electron chi connectivity index (χ4n) is 0.854. The van der Waals surface area contributed by atoms with Gasteiger partial charge in [0.1, 0.15) is 6.10 Å². The molecule has 1 unspecified atom stereocenters. The van der Waals surface area contributed by atoms with Crippen molar-refractivity contribution in [1.82, 2.24) is 0 Å². The van der Waals surface area contributed by atoms with Gasteiger partial charge in [0.05, 0.1) is 3.79 Å². The Balaban J connectivity index is 2.64. The van der Waals surface area contributed by atoms with E-state index in [1.807, 2.05) is 19.1 Å². The Labute approximate surface area is 83.7 Å². The van der Waals surface area contributed by atoms with Gasteiger partial charge in [0.2, 0.25) is 0 Å². The number of halogens is 1. The number of carbonyl (C=O) groups is 1. The third-order valence-electron chi connectivity index (χ3n) is 1.34. The number of hydrogen-bond acceptors (Lipinski definition) is 3. The highest BCUT2D eigenvalue weighted by Crippen LogP contribution is 2.28. The molecule has 1 aromatic heterocycles. The lowest BCUT2D eigenvalue weighted by molar-refractivity contribution is -0.145. The second-order valence-corrected chi connectivity index (χ2v) is 4.89. The zero-order valence-electron chi connectivity index (χ0n) is 6.83. The van der Waals surface area contributed by atoms with E-state index < -0.39 is 0 Å². The second kappa shape index (κ2) is 4.05. The van der Waals surface area contributed by atoms with Crippen LogP contribution >= 0.6 is 27.3 Å². The van der Waals surface area contributed by atoms with Crippen molar-refractivity contribution in [2.24, 2.45) is 0 Å². The topological polar surface area (TPSA) is 26.3 Å². The van der Waals surface area contributed by atoms with Gasteiger partial charge in [-0.05, 0) is 35.0 Å². The van der Waals surface area contributed by atoms with Crippen LogP contribution in [0.5, 0.6) is 0 Å². The number of ether oxygens (including phenoxy) is 1. The molecule has 0 N–H and O–H groups in total. The summed E-state index contributed by atoms with van der Waals surface area (Å²) in [7, 11) is 0. The minimum Gasteiger partial charge on any atom is -0.457 e. The molecule has 0 saturated carbocycles. The van der Waals surface area contributed by atoms with Crippen molar-refractivity contribution < 1.29 is 9.53 Å². The molecule has 0 aliphatic carbocycles. The zero-order chi connectivity index (χ0) is 9.14. The second-order valence-electron chi connectivity index (χ2n) is 2.39. The normalized spacial score (nSPS) is 12.6. The highest BCUT2D eigenvalue weighted by Gasteiger charge is 2.10. The number of carbonyl (C=O) groups excluding carboxylic acids is 1. The first-order chi connectivity index (χ1) is 5.59. The maximum atomic E-state index is 10.6. The van der Waals surface area contributed by atoms with Crippen molar-refractivity contribution in [3.8, 4) is 0 Å².